The zero-order valence-electron chi connectivity index (χ0n) is 10.7. The summed E-state index contributed by atoms with van der Waals surface area (Å²) < 4.78 is 28.6. The van der Waals surface area contributed by atoms with E-state index in [1.165, 1.54) is 24.0 Å². The number of alkyl halides is 2. The summed E-state index contributed by atoms with van der Waals surface area (Å²) in [4.78, 5) is 24.5. The normalized spacial score (nSPS) is 18.7. The fourth-order valence-corrected chi connectivity index (χ4v) is 2.98. The predicted molar refractivity (Wildman–Crippen MR) is 72.1 cm³/mol. The van der Waals surface area contributed by atoms with Crippen LogP contribution in [0.15, 0.2) is 24.3 Å². The number of benzene rings is 1. The Bertz CT molecular complexity index is 524. The van der Waals surface area contributed by atoms with E-state index in [1.807, 2.05) is 0 Å². The number of halogens is 2. The van der Waals surface area contributed by atoms with E-state index in [9.17, 15) is 18.4 Å². The summed E-state index contributed by atoms with van der Waals surface area (Å²) in [7, 11) is 0. The monoisotopic (exact) mass is 301 g/mol. The zero-order valence-corrected chi connectivity index (χ0v) is 11.5. The van der Waals surface area contributed by atoms with Gasteiger partial charge in [-0.1, -0.05) is 17.8 Å². The predicted octanol–water partition coefficient (Wildman–Crippen LogP) is 2.67. The second kappa shape index (κ2) is 6.21. The van der Waals surface area contributed by atoms with E-state index in [-0.39, 0.29) is 28.4 Å². The molecule has 0 aromatic heterocycles. The van der Waals surface area contributed by atoms with Crippen molar-refractivity contribution in [1.82, 2.24) is 0 Å². The summed E-state index contributed by atoms with van der Waals surface area (Å²) in [6.07, 6.45) is 0.268. The third-order valence-corrected chi connectivity index (χ3v) is 3.76. The number of carbonyl (C=O) groups is 2. The average Bonchev–Trinajstić information content (AvgIpc) is 2.68. The number of anilines is 1. The van der Waals surface area contributed by atoms with Crippen LogP contribution in [-0.2, 0) is 9.59 Å². The Labute approximate surface area is 119 Å². The van der Waals surface area contributed by atoms with Crippen molar-refractivity contribution in [2.45, 2.75) is 25.2 Å². The largest absolute Gasteiger partial charge is 0.435 e. The first-order valence-electron chi connectivity index (χ1n) is 5.98. The van der Waals surface area contributed by atoms with Crippen molar-refractivity contribution < 1.29 is 23.1 Å². The molecule has 1 aliphatic heterocycles. The lowest BCUT2D eigenvalue weighted by Crippen LogP contribution is -2.24. The lowest BCUT2D eigenvalue weighted by Gasteiger charge is -2.17. The van der Waals surface area contributed by atoms with Gasteiger partial charge in [-0.3, -0.25) is 9.59 Å². The van der Waals surface area contributed by atoms with Gasteiger partial charge in [-0.15, -0.1) is 0 Å². The van der Waals surface area contributed by atoms with Crippen LogP contribution in [0.3, 0.4) is 0 Å². The number of nitrogens with zero attached hydrogens (tertiary/aromatic N) is 1. The topological polar surface area (TPSA) is 46.6 Å². The van der Waals surface area contributed by atoms with Crippen LogP contribution in [0.25, 0.3) is 0 Å². The van der Waals surface area contributed by atoms with Gasteiger partial charge in [0.1, 0.15) is 5.75 Å². The number of hydrogen-bond acceptors (Lipinski definition) is 4. The minimum atomic E-state index is -2.90. The van der Waals surface area contributed by atoms with Gasteiger partial charge in [0, 0.05) is 36.9 Å². The molecule has 1 aromatic carbocycles. The van der Waals surface area contributed by atoms with Crippen LogP contribution >= 0.6 is 11.8 Å². The summed E-state index contributed by atoms with van der Waals surface area (Å²) in [6, 6.07) is 5.99. The van der Waals surface area contributed by atoms with Crippen molar-refractivity contribution in [3.63, 3.8) is 0 Å². The van der Waals surface area contributed by atoms with Gasteiger partial charge in [0.2, 0.25) is 5.91 Å². The Balaban J connectivity index is 2.11. The molecule has 1 atom stereocenters. The fraction of sp³-hybridized carbons (Fsp3) is 0.385. The Kier molecular flexibility index (Phi) is 4.59. The van der Waals surface area contributed by atoms with E-state index < -0.39 is 6.61 Å². The molecule has 4 nitrogen and oxygen atoms in total. The fourth-order valence-electron chi connectivity index (χ4n) is 2.07. The first-order valence-corrected chi connectivity index (χ1v) is 6.86. The van der Waals surface area contributed by atoms with E-state index in [0.717, 1.165) is 11.8 Å². The first kappa shape index (κ1) is 14.8. The molecule has 0 saturated carbocycles. The van der Waals surface area contributed by atoms with Crippen molar-refractivity contribution in [2.24, 2.45) is 0 Å². The van der Waals surface area contributed by atoms with E-state index >= 15 is 0 Å². The van der Waals surface area contributed by atoms with Gasteiger partial charge < -0.3 is 9.64 Å². The molecule has 1 aliphatic rings. The number of carbonyl (C=O) groups excluding carboxylic acids is 2. The highest BCUT2D eigenvalue weighted by Gasteiger charge is 2.32. The van der Waals surface area contributed by atoms with Crippen molar-refractivity contribution >= 4 is 28.5 Å². The molecule has 1 unspecified atom stereocenters. The second-order valence-electron chi connectivity index (χ2n) is 4.32. The SMILES string of the molecule is CC(=O)SC1CC(=O)N(c2cccc(OC(F)F)c2)C1. The first-order chi connectivity index (χ1) is 9.45. The third-order valence-electron chi connectivity index (χ3n) is 2.78. The van der Waals surface area contributed by atoms with Gasteiger partial charge in [0.15, 0.2) is 5.12 Å². The highest BCUT2D eigenvalue weighted by Crippen LogP contribution is 2.30. The van der Waals surface area contributed by atoms with Gasteiger partial charge in [-0.05, 0) is 12.1 Å². The van der Waals surface area contributed by atoms with Gasteiger partial charge in [-0.2, -0.15) is 8.78 Å². The standard InChI is InChI=1S/C13H13F2NO3S/c1-8(17)20-11-6-12(18)16(7-11)9-3-2-4-10(5-9)19-13(14)15/h2-5,11,13H,6-7H2,1H3. The Morgan fingerprint density at radius 2 is 2.25 bits per heavy atom. The Morgan fingerprint density at radius 1 is 1.50 bits per heavy atom. The molecule has 1 heterocycles. The molecule has 0 spiro atoms. The Morgan fingerprint density at radius 3 is 2.90 bits per heavy atom. The molecule has 108 valence electrons. The molecule has 2 rings (SSSR count). The smallest absolute Gasteiger partial charge is 0.387 e. The van der Waals surface area contributed by atoms with E-state index in [1.54, 1.807) is 12.1 Å². The molecule has 0 bridgehead atoms. The minimum Gasteiger partial charge on any atom is -0.435 e. The van der Waals surface area contributed by atoms with Crippen LogP contribution in [0.5, 0.6) is 5.75 Å². The van der Waals surface area contributed by atoms with Crippen LogP contribution in [0.2, 0.25) is 0 Å². The number of amides is 1. The molecule has 1 amide bonds. The van der Waals surface area contributed by atoms with Crippen molar-refractivity contribution in [1.29, 1.82) is 0 Å². The lowest BCUT2D eigenvalue weighted by atomic mass is 10.3. The van der Waals surface area contributed by atoms with Crippen LogP contribution in [0.4, 0.5) is 14.5 Å². The molecular weight excluding hydrogens is 288 g/mol. The molecule has 20 heavy (non-hydrogen) atoms. The van der Waals surface area contributed by atoms with Gasteiger partial charge in [0.05, 0.1) is 0 Å². The van der Waals surface area contributed by atoms with E-state index in [0.29, 0.717) is 12.2 Å². The summed E-state index contributed by atoms with van der Waals surface area (Å²) >= 11 is 1.13. The minimum absolute atomic E-state index is 0.00738. The number of hydrogen-bond donors (Lipinski definition) is 0. The van der Waals surface area contributed by atoms with Gasteiger partial charge >= 0.3 is 6.61 Å². The highest BCUT2D eigenvalue weighted by molar-refractivity contribution is 8.14. The van der Waals surface area contributed by atoms with E-state index in [4.69, 9.17) is 0 Å². The maximum absolute atomic E-state index is 12.2. The summed E-state index contributed by atoms with van der Waals surface area (Å²) in [5.74, 6) is -0.120. The van der Waals surface area contributed by atoms with Crippen LogP contribution in [-0.4, -0.2) is 29.4 Å². The summed E-state index contributed by atoms with van der Waals surface area (Å²) in [5, 5.41) is -0.140. The molecule has 0 radical (unpaired) electrons. The van der Waals surface area contributed by atoms with Crippen LogP contribution in [0.1, 0.15) is 13.3 Å². The van der Waals surface area contributed by atoms with Crippen LogP contribution in [0, 0.1) is 0 Å². The lowest BCUT2D eigenvalue weighted by molar-refractivity contribution is -0.117. The maximum Gasteiger partial charge on any atom is 0.387 e. The maximum atomic E-state index is 12.2. The van der Waals surface area contributed by atoms with Crippen LogP contribution < -0.4 is 9.64 Å². The number of thioether (sulfide) groups is 1. The summed E-state index contributed by atoms with van der Waals surface area (Å²) in [5.41, 5.74) is 0.500. The van der Waals surface area contributed by atoms with Gasteiger partial charge in [0.25, 0.3) is 0 Å². The van der Waals surface area contributed by atoms with Crippen molar-refractivity contribution in [2.75, 3.05) is 11.4 Å². The third kappa shape index (κ3) is 3.69. The van der Waals surface area contributed by atoms with Crippen molar-refractivity contribution in [3.05, 3.63) is 24.3 Å². The van der Waals surface area contributed by atoms with Gasteiger partial charge in [-0.25, -0.2) is 0 Å². The number of ether oxygens (including phenoxy) is 1. The number of rotatable bonds is 4. The molecule has 1 saturated heterocycles. The average molecular weight is 301 g/mol. The molecule has 1 fully saturated rings. The highest BCUT2D eigenvalue weighted by atomic mass is 32.2. The quantitative estimate of drug-likeness (QED) is 0.858. The molecule has 0 aliphatic carbocycles. The molecule has 0 N–H and O–H groups in total. The van der Waals surface area contributed by atoms with E-state index in [2.05, 4.69) is 4.74 Å². The molecule has 7 heteroatoms. The zero-order chi connectivity index (χ0) is 14.7. The van der Waals surface area contributed by atoms with Crippen molar-refractivity contribution in [3.8, 4) is 5.75 Å². The Hall–Kier alpha value is -1.63. The summed E-state index contributed by atoms with van der Waals surface area (Å²) in [6.45, 7) is -1.06. The molecule has 1 aromatic rings. The molecular formula is C13H13F2NO3S. The second-order valence-corrected chi connectivity index (χ2v) is 5.79.